The minimum atomic E-state index is -0.719. The summed E-state index contributed by atoms with van der Waals surface area (Å²) in [7, 11) is 0. The van der Waals surface area contributed by atoms with Crippen molar-refractivity contribution >= 4 is 18.0 Å². The molecule has 0 aliphatic heterocycles. The van der Waals surface area contributed by atoms with E-state index < -0.39 is 5.97 Å². The predicted molar refractivity (Wildman–Crippen MR) is 109 cm³/mol. The molecular formula is C22H25N3O5. The van der Waals surface area contributed by atoms with E-state index >= 15 is 0 Å². The number of carbonyl (C=O) groups excluding carboxylic acids is 2. The van der Waals surface area contributed by atoms with Crippen molar-refractivity contribution in [2.75, 3.05) is 6.61 Å². The lowest BCUT2D eigenvalue weighted by atomic mass is 10.1. The van der Waals surface area contributed by atoms with Gasteiger partial charge < -0.3 is 14.9 Å². The third kappa shape index (κ3) is 7.43. The lowest BCUT2D eigenvalue weighted by Gasteiger charge is -2.05. The second-order valence-electron chi connectivity index (χ2n) is 6.79. The van der Waals surface area contributed by atoms with Crippen LogP contribution in [-0.2, 0) is 9.53 Å². The molecule has 0 aliphatic carbocycles. The summed E-state index contributed by atoms with van der Waals surface area (Å²) in [5, 5.41) is 27.9. The molecule has 0 amide bonds. The van der Waals surface area contributed by atoms with Crippen molar-refractivity contribution in [3.05, 3.63) is 48.1 Å². The van der Waals surface area contributed by atoms with E-state index in [9.17, 15) is 19.8 Å². The van der Waals surface area contributed by atoms with Crippen LogP contribution in [0.25, 0.3) is 6.08 Å². The first kappa shape index (κ1) is 22.7. The summed E-state index contributed by atoms with van der Waals surface area (Å²) in [5.74, 6) is -1.29. The number of phenolic OH excluding ortho intramolecular Hbond substituents is 2. The molecule has 1 aromatic heterocycles. The maximum Gasteiger partial charge on any atom is 0.348 e. The molecular weight excluding hydrogens is 386 g/mol. The van der Waals surface area contributed by atoms with Crippen molar-refractivity contribution in [2.24, 2.45) is 0 Å². The van der Waals surface area contributed by atoms with Crippen molar-refractivity contribution in [3.63, 3.8) is 0 Å². The number of rotatable bonds is 11. The lowest BCUT2D eigenvalue weighted by Crippen LogP contribution is -2.08. The van der Waals surface area contributed by atoms with Gasteiger partial charge in [0.15, 0.2) is 11.5 Å². The van der Waals surface area contributed by atoms with Crippen LogP contribution in [-0.4, -0.2) is 38.2 Å². The Morgan fingerprint density at radius 3 is 2.50 bits per heavy atom. The zero-order valence-corrected chi connectivity index (χ0v) is 16.7. The van der Waals surface area contributed by atoms with Gasteiger partial charge in [0.1, 0.15) is 18.0 Å². The van der Waals surface area contributed by atoms with Crippen LogP contribution in [0.1, 0.15) is 55.3 Å². The first-order chi connectivity index (χ1) is 14.5. The molecule has 30 heavy (non-hydrogen) atoms. The molecule has 0 unspecified atom stereocenters. The Bertz CT molecular complexity index is 913. The first-order valence-electron chi connectivity index (χ1n) is 9.83. The van der Waals surface area contributed by atoms with E-state index in [-0.39, 0.29) is 29.6 Å². The minimum absolute atomic E-state index is 0.0447. The second-order valence-corrected chi connectivity index (χ2v) is 6.79. The van der Waals surface area contributed by atoms with Gasteiger partial charge in [0.25, 0.3) is 0 Å². The summed E-state index contributed by atoms with van der Waals surface area (Å²) < 4.78 is 6.62. The van der Waals surface area contributed by atoms with Gasteiger partial charge in [-0.15, -0.1) is 0 Å². The SMILES string of the molecule is N#CC(=Cc1ccc(O)c(O)c1)C(=O)OCCCCCCCCC(=O)n1ccnc1. The standard InChI is InChI=1S/C22H25N3O5/c23-15-18(13-17-8-9-19(26)20(27)14-17)22(29)30-12-6-4-2-1-3-5-7-21(28)25-11-10-24-16-25/h8-11,13-14,16,26-27H,1-7,12H2. The Morgan fingerprint density at radius 1 is 1.10 bits per heavy atom. The number of hydrogen-bond donors (Lipinski definition) is 2. The second kappa shape index (κ2) is 12.1. The molecule has 2 aromatic rings. The van der Waals surface area contributed by atoms with Crippen molar-refractivity contribution in [3.8, 4) is 17.6 Å². The number of esters is 1. The number of nitriles is 1. The fraction of sp³-hybridized carbons (Fsp3) is 0.364. The summed E-state index contributed by atoms with van der Waals surface area (Å²) >= 11 is 0. The number of carbonyl (C=O) groups is 2. The number of benzene rings is 1. The van der Waals surface area contributed by atoms with Crippen LogP contribution in [0.4, 0.5) is 0 Å². The molecule has 0 fully saturated rings. The Hall–Kier alpha value is -3.60. The van der Waals surface area contributed by atoms with E-state index in [0.717, 1.165) is 32.1 Å². The monoisotopic (exact) mass is 411 g/mol. The third-order valence-corrected chi connectivity index (χ3v) is 4.46. The fourth-order valence-corrected chi connectivity index (χ4v) is 2.80. The van der Waals surface area contributed by atoms with Crippen molar-refractivity contribution in [2.45, 2.75) is 44.9 Å². The van der Waals surface area contributed by atoms with Gasteiger partial charge in [-0.3, -0.25) is 9.36 Å². The number of aromatic hydroxyl groups is 2. The molecule has 158 valence electrons. The quantitative estimate of drug-likeness (QED) is 0.189. The van der Waals surface area contributed by atoms with Gasteiger partial charge in [0.05, 0.1) is 6.61 Å². The molecule has 1 aromatic carbocycles. The molecule has 2 N–H and O–H groups in total. The largest absolute Gasteiger partial charge is 0.504 e. The van der Waals surface area contributed by atoms with Crippen LogP contribution < -0.4 is 0 Å². The van der Waals surface area contributed by atoms with Gasteiger partial charge in [0.2, 0.25) is 5.91 Å². The molecule has 8 heteroatoms. The maximum absolute atomic E-state index is 12.0. The number of aromatic nitrogens is 2. The van der Waals surface area contributed by atoms with Gasteiger partial charge in [-0.1, -0.05) is 31.7 Å². The van der Waals surface area contributed by atoms with E-state index in [0.29, 0.717) is 18.4 Å². The highest BCUT2D eigenvalue weighted by Crippen LogP contribution is 2.26. The molecule has 0 spiro atoms. The van der Waals surface area contributed by atoms with Crippen LogP contribution in [0.3, 0.4) is 0 Å². The predicted octanol–water partition coefficient (Wildman–Crippen LogP) is 3.82. The lowest BCUT2D eigenvalue weighted by molar-refractivity contribution is -0.138. The Balaban J connectivity index is 1.58. The van der Waals surface area contributed by atoms with Gasteiger partial charge in [-0.2, -0.15) is 5.26 Å². The summed E-state index contributed by atoms with van der Waals surface area (Å²) in [6, 6.07) is 5.79. The van der Waals surface area contributed by atoms with Crippen molar-refractivity contribution < 1.29 is 24.5 Å². The van der Waals surface area contributed by atoms with Gasteiger partial charge in [-0.25, -0.2) is 9.78 Å². The van der Waals surface area contributed by atoms with E-state index in [4.69, 9.17) is 10.00 Å². The van der Waals surface area contributed by atoms with E-state index in [1.807, 2.05) is 0 Å². The number of nitrogens with zero attached hydrogens (tertiary/aromatic N) is 3. The molecule has 0 saturated carbocycles. The minimum Gasteiger partial charge on any atom is -0.504 e. The summed E-state index contributed by atoms with van der Waals surface area (Å²) in [6.45, 7) is 0.220. The van der Waals surface area contributed by atoms with Crippen molar-refractivity contribution in [1.29, 1.82) is 5.26 Å². The molecule has 1 heterocycles. The van der Waals surface area contributed by atoms with Gasteiger partial charge >= 0.3 is 5.97 Å². The number of phenols is 2. The average Bonchev–Trinajstić information content (AvgIpc) is 3.28. The molecule has 0 saturated heterocycles. The Kier molecular flexibility index (Phi) is 9.13. The molecule has 2 rings (SSSR count). The third-order valence-electron chi connectivity index (χ3n) is 4.46. The number of hydrogen-bond acceptors (Lipinski definition) is 7. The highest BCUT2D eigenvalue weighted by atomic mass is 16.5. The highest BCUT2D eigenvalue weighted by molar-refractivity contribution is 5.97. The highest BCUT2D eigenvalue weighted by Gasteiger charge is 2.11. The zero-order chi connectivity index (χ0) is 21.8. The number of imidazole rings is 1. The molecule has 0 aliphatic rings. The molecule has 0 bridgehead atoms. The Labute approximate surface area is 175 Å². The fourth-order valence-electron chi connectivity index (χ4n) is 2.80. The normalized spacial score (nSPS) is 11.1. The van der Waals surface area contributed by atoms with Crippen LogP contribution in [0.2, 0.25) is 0 Å². The average molecular weight is 411 g/mol. The van der Waals surface area contributed by atoms with E-state index in [2.05, 4.69) is 4.98 Å². The van der Waals surface area contributed by atoms with Crippen LogP contribution in [0.15, 0.2) is 42.5 Å². The van der Waals surface area contributed by atoms with E-state index in [1.54, 1.807) is 18.5 Å². The van der Waals surface area contributed by atoms with Gasteiger partial charge in [0, 0.05) is 18.8 Å². The Morgan fingerprint density at radius 2 is 1.83 bits per heavy atom. The van der Waals surface area contributed by atoms with Crippen LogP contribution >= 0.6 is 0 Å². The van der Waals surface area contributed by atoms with E-state index in [1.165, 1.54) is 35.2 Å². The first-order valence-corrected chi connectivity index (χ1v) is 9.83. The van der Waals surface area contributed by atoms with Crippen LogP contribution in [0, 0.1) is 11.3 Å². The summed E-state index contributed by atoms with van der Waals surface area (Å²) in [4.78, 5) is 27.6. The molecule has 8 nitrogen and oxygen atoms in total. The molecule has 0 atom stereocenters. The zero-order valence-electron chi connectivity index (χ0n) is 16.7. The number of ether oxygens (including phenoxy) is 1. The van der Waals surface area contributed by atoms with Crippen molar-refractivity contribution in [1.82, 2.24) is 9.55 Å². The number of unbranched alkanes of at least 4 members (excludes halogenated alkanes) is 5. The topological polar surface area (TPSA) is 125 Å². The van der Waals surface area contributed by atoms with Crippen LogP contribution in [0.5, 0.6) is 11.5 Å². The van der Waals surface area contributed by atoms with Gasteiger partial charge in [-0.05, 0) is 36.6 Å². The smallest absolute Gasteiger partial charge is 0.348 e. The molecule has 0 radical (unpaired) electrons. The summed E-state index contributed by atoms with van der Waals surface area (Å²) in [5.41, 5.74) is 0.230. The maximum atomic E-state index is 12.0. The summed E-state index contributed by atoms with van der Waals surface area (Å²) in [6.07, 6.45) is 11.9.